The van der Waals surface area contributed by atoms with Gasteiger partial charge in [0, 0.05) is 23.8 Å². The van der Waals surface area contributed by atoms with Crippen molar-refractivity contribution in [3.63, 3.8) is 0 Å². The highest BCUT2D eigenvalue weighted by atomic mass is 16.1. The molecule has 0 aromatic heterocycles. The lowest BCUT2D eigenvalue weighted by Gasteiger charge is -2.19. The highest BCUT2D eigenvalue weighted by Gasteiger charge is 2.13. The molecular weight excluding hydrogens is 250 g/mol. The Balaban J connectivity index is 2.03. The zero-order chi connectivity index (χ0) is 14.4. The van der Waals surface area contributed by atoms with Gasteiger partial charge in [-0.05, 0) is 70.0 Å². The van der Waals surface area contributed by atoms with Gasteiger partial charge in [-0.25, -0.2) is 0 Å². The van der Waals surface area contributed by atoms with Gasteiger partial charge < -0.3 is 16.0 Å². The highest BCUT2D eigenvalue weighted by Crippen LogP contribution is 2.20. The molecule has 110 valence electrons. The third-order valence-electron chi connectivity index (χ3n) is 3.76. The van der Waals surface area contributed by atoms with Crippen molar-refractivity contribution in [1.82, 2.24) is 10.6 Å². The Bertz CT molecular complexity index is 451. The maximum Gasteiger partial charge on any atom is 0.251 e. The first-order valence-corrected chi connectivity index (χ1v) is 7.57. The van der Waals surface area contributed by atoms with E-state index in [9.17, 15) is 4.79 Å². The molecule has 0 bridgehead atoms. The van der Waals surface area contributed by atoms with Gasteiger partial charge in [0.05, 0.1) is 0 Å². The van der Waals surface area contributed by atoms with Crippen LogP contribution in [0.15, 0.2) is 18.2 Å². The number of amides is 1. The molecule has 1 fully saturated rings. The maximum absolute atomic E-state index is 11.8. The van der Waals surface area contributed by atoms with Gasteiger partial charge in [-0.1, -0.05) is 0 Å². The van der Waals surface area contributed by atoms with Gasteiger partial charge in [0.25, 0.3) is 5.91 Å². The van der Waals surface area contributed by atoms with Gasteiger partial charge in [-0.2, -0.15) is 0 Å². The summed E-state index contributed by atoms with van der Waals surface area (Å²) in [5, 5.41) is 9.87. The van der Waals surface area contributed by atoms with Gasteiger partial charge in [-0.15, -0.1) is 0 Å². The Morgan fingerprint density at radius 2 is 2.20 bits per heavy atom. The summed E-state index contributed by atoms with van der Waals surface area (Å²) in [6.45, 7) is 6.84. The lowest BCUT2D eigenvalue weighted by Crippen LogP contribution is -2.23. The van der Waals surface area contributed by atoms with Crippen LogP contribution in [0, 0.1) is 6.92 Å². The zero-order valence-electron chi connectivity index (χ0n) is 12.5. The highest BCUT2D eigenvalue weighted by molar-refractivity contribution is 5.94. The zero-order valence-corrected chi connectivity index (χ0v) is 12.5. The largest absolute Gasteiger partial charge is 0.382 e. The number of carbonyl (C=O) groups is 1. The third-order valence-corrected chi connectivity index (χ3v) is 3.76. The van der Waals surface area contributed by atoms with E-state index in [1.807, 2.05) is 25.1 Å². The molecular formula is C16H25N3O. The van der Waals surface area contributed by atoms with E-state index in [0.717, 1.165) is 36.3 Å². The number of hydrogen-bond donors (Lipinski definition) is 3. The fourth-order valence-corrected chi connectivity index (χ4v) is 2.61. The number of hydrogen-bond acceptors (Lipinski definition) is 3. The van der Waals surface area contributed by atoms with Crippen molar-refractivity contribution in [3.05, 3.63) is 29.3 Å². The second-order valence-corrected chi connectivity index (χ2v) is 5.41. The number of nitrogens with one attached hydrogen (secondary N) is 3. The average Bonchev–Trinajstić information content (AvgIpc) is 2.70. The third kappa shape index (κ3) is 3.97. The van der Waals surface area contributed by atoms with E-state index in [2.05, 4.69) is 22.9 Å². The quantitative estimate of drug-likeness (QED) is 0.790. The minimum absolute atomic E-state index is 0.000756. The minimum Gasteiger partial charge on any atom is -0.382 e. The number of benzene rings is 1. The van der Waals surface area contributed by atoms with Crippen LogP contribution >= 0.6 is 0 Å². The van der Waals surface area contributed by atoms with E-state index >= 15 is 0 Å². The lowest BCUT2D eigenvalue weighted by atomic mass is 10.1. The van der Waals surface area contributed by atoms with Crippen molar-refractivity contribution in [2.24, 2.45) is 0 Å². The lowest BCUT2D eigenvalue weighted by molar-refractivity contribution is 0.0956. The van der Waals surface area contributed by atoms with E-state index in [1.165, 1.54) is 12.8 Å². The number of aryl methyl sites for hydroxylation is 1. The van der Waals surface area contributed by atoms with Crippen LogP contribution in [-0.2, 0) is 0 Å². The van der Waals surface area contributed by atoms with Gasteiger partial charge in [0.2, 0.25) is 0 Å². The van der Waals surface area contributed by atoms with E-state index in [0.29, 0.717) is 12.6 Å². The maximum atomic E-state index is 11.8. The molecule has 0 spiro atoms. The smallest absolute Gasteiger partial charge is 0.251 e. The molecule has 0 saturated carbocycles. The summed E-state index contributed by atoms with van der Waals surface area (Å²) in [6.07, 6.45) is 3.57. The van der Waals surface area contributed by atoms with Crippen LogP contribution in [0.4, 0.5) is 5.69 Å². The first-order valence-electron chi connectivity index (χ1n) is 7.57. The normalized spacial score (nSPS) is 19.2. The van der Waals surface area contributed by atoms with Crippen molar-refractivity contribution >= 4 is 11.6 Å². The van der Waals surface area contributed by atoms with Crippen LogP contribution in [-0.4, -0.2) is 31.6 Å². The molecule has 4 nitrogen and oxygen atoms in total. The van der Waals surface area contributed by atoms with Crippen molar-refractivity contribution in [2.75, 3.05) is 25.0 Å². The standard InChI is InChI=1S/C16H25N3O/c1-3-18-16(20)13-6-7-15(12(2)11-13)19-14-5-4-9-17-10-8-14/h6-7,11,14,17,19H,3-5,8-10H2,1-2H3,(H,18,20). The molecule has 1 saturated heterocycles. The molecule has 20 heavy (non-hydrogen) atoms. The van der Waals surface area contributed by atoms with Crippen LogP contribution in [0.3, 0.4) is 0 Å². The van der Waals surface area contributed by atoms with Crippen LogP contribution in [0.25, 0.3) is 0 Å². The van der Waals surface area contributed by atoms with Gasteiger partial charge in [-0.3, -0.25) is 4.79 Å². The summed E-state index contributed by atoms with van der Waals surface area (Å²) in [4.78, 5) is 11.8. The summed E-state index contributed by atoms with van der Waals surface area (Å²) >= 11 is 0. The molecule has 1 aromatic rings. The molecule has 3 N–H and O–H groups in total. The predicted molar refractivity (Wildman–Crippen MR) is 83.3 cm³/mol. The minimum atomic E-state index is 0.000756. The Morgan fingerprint density at radius 1 is 1.35 bits per heavy atom. The summed E-state index contributed by atoms with van der Waals surface area (Å²) in [5.41, 5.74) is 3.01. The van der Waals surface area contributed by atoms with Crippen molar-refractivity contribution in [2.45, 2.75) is 39.2 Å². The van der Waals surface area contributed by atoms with Crippen molar-refractivity contribution < 1.29 is 4.79 Å². The predicted octanol–water partition coefficient (Wildman–Crippen LogP) is 2.30. The Kier molecular flexibility index (Phi) is 5.41. The molecule has 0 radical (unpaired) electrons. The van der Waals surface area contributed by atoms with E-state index in [-0.39, 0.29) is 5.91 Å². The summed E-state index contributed by atoms with van der Waals surface area (Å²) in [6, 6.07) is 6.41. The Morgan fingerprint density at radius 3 is 2.95 bits per heavy atom. The summed E-state index contributed by atoms with van der Waals surface area (Å²) in [7, 11) is 0. The molecule has 1 aliphatic heterocycles. The van der Waals surface area contributed by atoms with Crippen LogP contribution in [0.1, 0.15) is 42.1 Å². The van der Waals surface area contributed by atoms with E-state index in [4.69, 9.17) is 0 Å². The van der Waals surface area contributed by atoms with E-state index < -0.39 is 0 Å². The number of rotatable bonds is 4. The van der Waals surface area contributed by atoms with Gasteiger partial charge in [0.15, 0.2) is 0 Å². The number of anilines is 1. The fourth-order valence-electron chi connectivity index (χ4n) is 2.61. The molecule has 1 aliphatic rings. The topological polar surface area (TPSA) is 53.2 Å². The second kappa shape index (κ2) is 7.29. The molecule has 4 heteroatoms. The molecule has 1 unspecified atom stereocenters. The first kappa shape index (κ1) is 14.9. The molecule has 1 heterocycles. The molecule has 0 aliphatic carbocycles. The first-order chi connectivity index (χ1) is 9.70. The van der Waals surface area contributed by atoms with Crippen LogP contribution in [0.2, 0.25) is 0 Å². The molecule has 1 amide bonds. The monoisotopic (exact) mass is 275 g/mol. The molecule has 1 aromatic carbocycles. The van der Waals surface area contributed by atoms with Crippen molar-refractivity contribution in [3.8, 4) is 0 Å². The summed E-state index contributed by atoms with van der Waals surface area (Å²) < 4.78 is 0. The number of carbonyl (C=O) groups excluding carboxylic acids is 1. The van der Waals surface area contributed by atoms with Gasteiger partial charge >= 0.3 is 0 Å². The Hall–Kier alpha value is -1.55. The molecule has 1 atom stereocenters. The SMILES string of the molecule is CCNC(=O)c1ccc(NC2CCCNCC2)c(C)c1. The van der Waals surface area contributed by atoms with Crippen molar-refractivity contribution in [1.29, 1.82) is 0 Å². The average molecular weight is 275 g/mol. The van der Waals surface area contributed by atoms with Crippen LogP contribution in [0.5, 0.6) is 0 Å². The second-order valence-electron chi connectivity index (χ2n) is 5.41. The summed E-state index contributed by atoms with van der Waals surface area (Å²) in [5.74, 6) is 0.000756. The van der Waals surface area contributed by atoms with Crippen LogP contribution < -0.4 is 16.0 Å². The Labute approximate surface area is 121 Å². The van der Waals surface area contributed by atoms with Gasteiger partial charge in [0.1, 0.15) is 0 Å². The molecule has 2 rings (SSSR count). The fraction of sp³-hybridized carbons (Fsp3) is 0.562. The van der Waals surface area contributed by atoms with E-state index in [1.54, 1.807) is 0 Å².